The number of para-hydroxylation sites is 1. The molecule has 3 aromatic carbocycles. The fourth-order valence-electron chi connectivity index (χ4n) is 3.19. The monoisotopic (exact) mass is 361 g/mol. The van der Waals surface area contributed by atoms with Crippen molar-refractivity contribution < 1.29 is 0 Å². The molecule has 2 heteroatoms. The molecule has 23 heavy (non-hydrogen) atoms. The smallest absolute Gasteiger partial charge is 0.0559 e. The largest absolute Gasteiger partial charge is 0.304 e. The number of nitrogens with zero attached hydrogens (tertiary/aromatic N) is 1. The predicted molar refractivity (Wildman–Crippen MR) is 102 cm³/mol. The lowest BCUT2D eigenvalue weighted by molar-refractivity contribution is 1.32. The second kappa shape index (κ2) is 6.05. The Bertz CT molecular complexity index is 812. The predicted octanol–water partition coefficient (Wildman–Crippen LogP) is 5.78. The normalized spacial score (nSPS) is 13.1. The standard InChI is InChI=1S/C21H16BrN/c22-23-15-19(18-13-7-8-14-20(18)23)21(16-9-3-1-4-10-16)17-11-5-2-6-12-17/h1-14H,15H2. The highest BCUT2D eigenvalue weighted by molar-refractivity contribution is 9.10. The van der Waals surface area contributed by atoms with Gasteiger partial charge in [0.1, 0.15) is 0 Å². The summed E-state index contributed by atoms with van der Waals surface area (Å²) in [5.74, 6) is 0. The van der Waals surface area contributed by atoms with Crippen LogP contribution in [0.15, 0.2) is 84.9 Å². The number of fused-ring (bicyclic) bond motifs is 1. The van der Waals surface area contributed by atoms with Crippen LogP contribution in [0.5, 0.6) is 0 Å². The summed E-state index contributed by atoms with van der Waals surface area (Å²) >= 11 is 3.69. The van der Waals surface area contributed by atoms with Gasteiger partial charge in [-0.25, -0.2) is 0 Å². The van der Waals surface area contributed by atoms with E-state index < -0.39 is 0 Å². The molecule has 0 aliphatic carbocycles. The first-order valence-electron chi connectivity index (χ1n) is 7.71. The average molecular weight is 362 g/mol. The van der Waals surface area contributed by atoms with Gasteiger partial charge in [0.2, 0.25) is 0 Å². The lowest BCUT2D eigenvalue weighted by Crippen LogP contribution is -2.04. The summed E-state index contributed by atoms with van der Waals surface area (Å²) in [5.41, 5.74) is 7.70. The zero-order valence-corrected chi connectivity index (χ0v) is 14.2. The summed E-state index contributed by atoms with van der Waals surface area (Å²) in [6.07, 6.45) is 0. The number of benzene rings is 3. The Morgan fingerprint density at radius 3 is 1.83 bits per heavy atom. The average Bonchev–Trinajstić information content (AvgIpc) is 2.94. The van der Waals surface area contributed by atoms with Crippen LogP contribution in [-0.4, -0.2) is 6.54 Å². The third-order valence-electron chi connectivity index (χ3n) is 4.21. The number of rotatable bonds is 2. The second-order valence-electron chi connectivity index (χ2n) is 5.62. The molecule has 1 nitrogen and oxygen atoms in total. The molecule has 3 aromatic rings. The molecule has 1 aliphatic heterocycles. The van der Waals surface area contributed by atoms with Crippen LogP contribution in [0.1, 0.15) is 16.7 Å². The fraction of sp³-hybridized carbons (Fsp3) is 0.0476. The minimum atomic E-state index is 0.860. The van der Waals surface area contributed by atoms with Gasteiger partial charge in [0, 0.05) is 21.7 Å². The molecular weight excluding hydrogens is 346 g/mol. The Kier molecular flexibility index (Phi) is 3.76. The highest BCUT2D eigenvalue weighted by Crippen LogP contribution is 2.43. The minimum absolute atomic E-state index is 0.860. The Balaban J connectivity index is 2.00. The van der Waals surface area contributed by atoms with E-state index >= 15 is 0 Å². The molecule has 112 valence electrons. The van der Waals surface area contributed by atoms with Crippen LogP contribution in [0.4, 0.5) is 5.69 Å². The SMILES string of the molecule is BrN1CC(=C(c2ccccc2)c2ccccc2)c2ccccc21. The van der Waals surface area contributed by atoms with Gasteiger partial charge in [-0.3, -0.25) is 0 Å². The van der Waals surface area contributed by atoms with Gasteiger partial charge in [0.15, 0.2) is 0 Å². The van der Waals surface area contributed by atoms with E-state index in [1.165, 1.54) is 33.5 Å². The first kappa shape index (κ1) is 14.3. The van der Waals surface area contributed by atoms with Crippen molar-refractivity contribution in [1.29, 1.82) is 0 Å². The molecule has 0 bridgehead atoms. The maximum atomic E-state index is 3.69. The van der Waals surface area contributed by atoms with Crippen molar-refractivity contribution in [2.24, 2.45) is 0 Å². The van der Waals surface area contributed by atoms with Gasteiger partial charge in [-0.1, -0.05) is 78.9 Å². The zero-order valence-electron chi connectivity index (χ0n) is 12.6. The van der Waals surface area contributed by atoms with Gasteiger partial charge in [0.25, 0.3) is 0 Å². The summed E-state index contributed by atoms with van der Waals surface area (Å²) in [4.78, 5) is 0. The summed E-state index contributed by atoms with van der Waals surface area (Å²) in [6, 6.07) is 29.9. The molecule has 1 heterocycles. The molecule has 0 saturated heterocycles. The van der Waals surface area contributed by atoms with Crippen molar-refractivity contribution in [1.82, 2.24) is 0 Å². The molecule has 0 fully saturated rings. The van der Waals surface area contributed by atoms with Crippen LogP contribution in [0, 0.1) is 0 Å². The van der Waals surface area contributed by atoms with Crippen LogP contribution in [0.2, 0.25) is 0 Å². The molecule has 0 N–H and O–H groups in total. The Morgan fingerprint density at radius 1 is 0.696 bits per heavy atom. The molecule has 0 radical (unpaired) electrons. The lowest BCUT2D eigenvalue weighted by atomic mass is 9.90. The van der Waals surface area contributed by atoms with E-state index in [1.54, 1.807) is 0 Å². The van der Waals surface area contributed by atoms with E-state index in [0.29, 0.717) is 0 Å². The fourth-order valence-corrected chi connectivity index (χ4v) is 3.75. The van der Waals surface area contributed by atoms with Crippen molar-refractivity contribution in [2.75, 3.05) is 10.5 Å². The highest BCUT2D eigenvalue weighted by atomic mass is 79.9. The van der Waals surface area contributed by atoms with Crippen molar-refractivity contribution in [2.45, 2.75) is 0 Å². The van der Waals surface area contributed by atoms with E-state index in [-0.39, 0.29) is 0 Å². The lowest BCUT2D eigenvalue weighted by Gasteiger charge is -2.13. The second-order valence-corrected chi connectivity index (χ2v) is 6.48. The van der Waals surface area contributed by atoms with Crippen LogP contribution in [-0.2, 0) is 0 Å². The molecule has 1 aliphatic rings. The summed E-state index contributed by atoms with van der Waals surface area (Å²) in [7, 11) is 0. The Labute approximate surface area is 145 Å². The van der Waals surface area contributed by atoms with Gasteiger partial charge in [-0.05, 0) is 28.3 Å². The molecule has 4 rings (SSSR count). The van der Waals surface area contributed by atoms with E-state index in [4.69, 9.17) is 0 Å². The van der Waals surface area contributed by atoms with Gasteiger partial charge in [-0.15, -0.1) is 0 Å². The third kappa shape index (κ3) is 2.60. The van der Waals surface area contributed by atoms with Gasteiger partial charge in [-0.2, -0.15) is 0 Å². The van der Waals surface area contributed by atoms with Crippen molar-refractivity contribution in [3.63, 3.8) is 0 Å². The van der Waals surface area contributed by atoms with Crippen LogP contribution in [0.25, 0.3) is 11.1 Å². The van der Waals surface area contributed by atoms with Crippen LogP contribution >= 0.6 is 16.1 Å². The quantitative estimate of drug-likeness (QED) is 0.523. The zero-order chi connectivity index (χ0) is 15.6. The summed E-state index contributed by atoms with van der Waals surface area (Å²) in [6.45, 7) is 0.860. The minimum Gasteiger partial charge on any atom is -0.304 e. The highest BCUT2D eigenvalue weighted by Gasteiger charge is 2.25. The Morgan fingerprint density at radius 2 is 1.22 bits per heavy atom. The maximum absolute atomic E-state index is 3.69. The van der Waals surface area contributed by atoms with Crippen molar-refractivity contribution in [3.8, 4) is 0 Å². The molecule has 0 aromatic heterocycles. The molecule has 0 amide bonds. The molecular formula is C21H16BrN. The maximum Gasteiger partial charge on any atom is 0.0559 e. The molecule has 0 spiro atoms. The third-order valence-corrected chi connectivity index (χ3v) is 4.85. The van der Waals surface area contributed by atoms with E-state index in [9.17, 15) is 0 Å². The van der Waals surface area contributed by atoms with E-state index in [0.717, 1.165) is 6.54 Å². The van der Waals surface area contributed by atoms with E-state index in [2.05, 4.69) is 105 Å². The van der Waals surface area contributed by atoms with Gasteiger partial charge < -0.3 is 3.93 Å². The van der Waals surface area contributed by atoms with Crippen molar-refractivity contribution in [3.05, 3.63) is 102 Å². The number of halogens is 1. The molecule has 0 unspecified atom stereocenters. The first-order valence-corrected chi connectivity index (χ1v) is 8.42. The van der Waals surface area contributed by atoms with Gasteiger partial charge in [0.05, 0.1) is 12.2 Å². The summed E-state index contributed by atoms with van der Waals surface area (Å²) in [5, 5.41) is 0. The van der Waals surface area contributed by atoms with Crippen LogP contribution in [0.3, 0.4) is 0 Å². The van der Waals surface area contributed by atoms with E-state index in [1.807, 2.05) is 0 Å². The Hall–Kier alpha value is -2.32. The summed E-state index contributed by atoms with van der Waals surface area (Å²) < 4.78 is 2.14. The van der Waals surface area contributed by atoms with Gasteiger partial charge >= 0.3 is 0 Å². The first-order chi connectivity index (χ1) is 11.3. The van der Waals surface area contributed by atoms with Crippen LogP contribution < -0.4 is 3.93 Å². The molecule has 0 atom stereocenters. The van der Waals surface area contributed by atoms with Crippen molar-refractivity contribution >= 4 is 33.0 Å². The number of hydrogen-bond donors (Lipinski definition) is 0. The number of anilines is 1. The molecule has 0 saturated carbocycles. The topological polar surface area (TPSA) is 3.24 Å². The number of hydrogen-bond acceptors (Lipinski definition) is 1.